The molecular weight excluding hydrogens is 620 g/mol. The summed E-state index contributed by atoms with van der Waals surface area (Å²) < 4.78 is 20.1. The van der Waals surface area contributed by atoms with Gasteiger partial charge >= 0.3 is 5.97 Å². The molecular formula is C35H61BrO4Si2. The van der Waals surface area contributed by atoms with Crippen LogP contribution in [0.3, 0.4) is 0 Å². The summed E-state index contributed by atoms with van der Waals surface area (Å²) in [6.45, 7) is 31.9. The number of halogens is 1. The summed E-state index contributed by atoms with van der Waals surface area (Å²) in [6.07, 6.45) is 11.6. The number of carbonyl (C=O) groups excluding carboxylic acids is 1. The van der Waals surface area contributed by atoms with Gasteiger partial charge in [0.05, 0.1) is 19.3 Å². The van der Waals surface area contributed by atoms with E-state index in [2.05, 4.69) is 127 Å². The molecule has 7 heteroatoms. The van der Waals surface area contributed by atoms with Crippen molar-refractivity contribution in [3.63, 3.8) is 0 Å². The Hall–Kier alpha value is -0.916. The Morgan fingerprint density at radius 3 is 2.24 bits per heavy atom. The summed E-state index contributed by atoms with van der Waals surface area (Å²) in [6, 6.07) is 0. The molecule has 5 atom stereocenters. The molecule has 0 aromatic heterocycles. The quantitative estimate of drug-likeness (QED) is 0.0602. The summed E-state index contributed by atoms with van der Waals surface area (Å²) in [5.74, 6) is 6.96. The molecule has 1 saturated carbocycles. The minimum Gasteiger partial charge on any atom is -0.469 e. The van der Waals surface area contributed by atoms with E-state index in [1.165, 1.54) is 12.7 Å². The van der Waals surface area contributed by atoms with Crippen LogP contribution in [0.1, 0.15) is 93.9 Å². The van der Waals surface area contributed by atoms with Gasteiger partial charge in [0.15, 0.2) is 16.6 Å². The summed E-state index contributed by atoms with van der Waals surface area (Å²) in [4.78, 5) is 11.5. The van der Waals surface area contributed by atoms with Crippen molar-refractivity contribution in [2.24, 2.45) is 17.8 Å². The van der Waals surface area contributed by atoms with Crippen molar-refractivity contribution in [2.75, 3.05) is 7.11 Å². The third-order valence-corrected chi connectivity index (χ3v) is 19.3. The highest BCUT2D eigenvalue weighted by molar-refractivity contribution is 9.11. The largest absolute Gasteiger partial charge is 0.469 e. The Kier molecular flexibility index (Phi) is 15.3. The fraction of sp³-hybridized carbons (Fsp3) is 0.743. The van der Waals surface area contributed by atoms with E-state index < -0.39 is 16.6 Å². The highest BCUT2D eigenvalue weighted by atomic mass is 79.9. The minimum atomic E-state index is -2.00. The van der Waals surface area contributed by atoms with Gasteiger partial charge in [0, 0.05) is 18.8 Å². The van der Waals surface area contributed by atoms with Crippen molar-refractivity contribution in [3.8, 4) is 11.8 Å². The standard InChI is InChI=1S/C35H61BrO4Si2/c1-15-16-19-26(2)31(39-41(11,12)34(4,5)6)23-22-29-30(25-28(36)20-17-18-21-33(37)38-10)27(3)24-32(29)40-42(13,14)35(7,8)9/h20,22-23,26,29-32H,3,17-19,21,24-25H2,1-2,4-14H3/b23-22+,28-20-/t26?,29-,30+,31?,32-/m1/s1. The second kappa shape index (κ2) is 16.4. The van der Waals surface area contributed by atoms with Gasteiger partial charge in [-0.15, -0.1) is 11.8 Å². The number of hydrogen-bond donors (Lipinski definition) is 0. The maximum absolute atomic E-state index is 11.5. The molecule has 0 aromatic rings. The predicted octanol–water partition coefficient (Wildman–Crippen LogP) is 10.6. The highest BCUT2D eigenvalue weighted by Gasteiger charge is 2.45. The number of unbranched alkanes of at least 4 members (excludes halogenated alkanes) is 1. The first-order valence-electron chi connectivity index (χ1n) is 15.7. The van der Waals surface area contributed by atoms with Gasteiger partial charge in [0.1, 0.15) is 0 Å². The Labute approximate surface area is 269 Å². The second-order valence-corrected chi connectivity index (χ2v) is 25.7. The summed E-state index contributed by atoms with van der Waals surface area (Å²) in [5, 5.41) is 0.249. The molecule has 0 amide bonds. The zero-order valence-electron chi connectivity index (χ0n) is 29.1. The maximum atomic E-state index is 11.5. The molecule has 1 aliphatic carbocycles. The fourth-order valence-electron chi connectivity index (χ4n) is 4.67. The van der Waals surface area contributed by atoms with Crippen LogP contribution in [0.4, 0.5) is 0 Å². The Morgan fingerprint density at radius 2 is 1.71 bits per heavy atom. The number of ether oxygens (including phenoxy) is 1. The molecule has 0 radical (unpaired) electrons. The molecule has 0 aromatic carbocycles. The van der Waals surface area contributed by atoms with E-state index >= 15 is 0 Å². The molecule has 0 N–H and O–H groups in total. The third-order valence-electron chi connectivity index (χ3n) is 9.65. The summed E-state index contributed by atoms with van der Waals surface area (Å²) in [5.41, 5.74) is 1.25. The van der Waals surface area contributed by atoms with E-state index in [9.17, 15) is 4.79 Å². The van der Waals surface area contributed by atoms with E-state index in [1.807, 2.05) is 6.92 Å². The molecule has 0 aliphatic heterocycles. The molecule has 0 heterocycles. The second-order valence-electron chi connectivity index (χ2n) is 15.1. The molecule has 1 rings (SSSR count). The highest BCUT2D eigenvalue weighted by Crippen LogP contribution is 2.47. The maximum Gasteiger partial charge on any atom is 0.305 e. The van der Waals surface area contributed by atoms with Crippen LogP contribution in [0.5, 0.6) is 0 Å². The lowest BCUT2D eigenvalue weighted by atomic mass is 9.88. The monoisotopic (exact) mass is 680 g/mol. The normalized spacial score (nSPS) is 22.2. The van der Waals surface area contributed by atoms with Crippen molar-refractivity contribution in [1.82, 2.24) is 0 Å². The molecule has 42 heavy (non-hydrogen) atoms. The Morgan fingerprint density at radius 1 is 1.12 bits per heavy atom. The van der Waals surface area contributed by atoms with Crippen molar-refractivity contribution in [1.29, 1.82) is 0 Å². The van der Waals surface area contributed by atoms with Crippen LogP contribution in [-0.2, 0) is 18.4 Å². The SMILES string of the molecule is C=C1C[C@@H](O[Si](C)(C)C(C)(C)C)[C@H](/C=C/C(O[Si](C)(C)C(C)(C)C)C(C)CC#CC)[C@H]1C/C(Br)=C/CCCC(=O)OC. The lowest BCUT2D eigenvalue weighted by molar-refractivity contribution is -0.140. The first-order chi connectivity index (χ1) is 19.2. The van der Waals surface area contributed by atoms with Gasteiger partial charge in [-0.05, 0) is 85.2 Å². The topological polar surface area (TPSA) is 44.8 Å². The van der Waals surface area contributed by atoms with Gasteiger partial charge in [-0.1, -0.05) is 94.8 Å². The van der Waals surface area contributed by atoms with Crippen LogP contribution in [-0.4, -0.2) is 41.9 Å². The van der Waals surface area contributed by atoms with E-state index in [1.54, 1.807) is 0 Å². The molecule has 0 spiro atoms. The van der Waals surface area contributed by atoms with Crippen LogP contribution in [0.2, 0.25) is 36.3 Å². The molecule has 0 bridgehead atoms. The van der Waals surface area contributed by atoms with Gasteiger partial charge in [0.2, 0.25) is 0 Å². The molecule has 2 unspecified atom stereocenters. The molecule has 4 nitrogen and oxygen atoms in total. The van der Waals surface area contributed by atoms with Gasteiger partial charge in [0.25, 0.3) is 0 Å². The van der Waals surface area contributed by atoms with Crippen LogP contribution in [0, 0.1) is 29.6 Å². The van der Waals surface area contributed by atoms with Crippen LogP contribution in [0.15, 0.2) is 34.9 Å². The number of allylic oxidation sites excluding steroid dienone is 2. The smallest absolute Gasteiger partial charge is 0.305 e. The van der Waals surface area contributed by atoms with Crippen molar-refractivity contribution < 1.29 is 18.4 Å². The van der Waals surface area contributed by atoms with Crippen molar-refractivity contribution >= 4 is 38.5 Å². The number of esters is 1. The van der Waals surface area contributed by atoms with Gasteiger partial charge in [-0.3, -0.25) is 4.79 Å². The lowest BCUT2D eigenvalue weighted by Gasteiger charge is -2.41. The van der Waals surface area contributed by atoms with Gasteiger partial charge < -0.3 is 13.6 Å². The fourth-order valence-corrected chi connectivity index (χ4v) is 7.94. The van der Waals surface area contributed by atoms with Crippen LogP contribution < -0.4 is 0 Å². The van der Waals surface area contributed by atoms with E-state index in [0.717, 1.165) is 36.6 Å². The van der Waals surface area contributed by atoms with E-state index in [0.29, 0.717) is 6.42 Å². The average molecular weight is 682 g/mol. The Bertz CT molecular complexity index is 1020. The number of hydrogen-bond acceptors (Lipinski definition) is 4. The third kappa shape index (κ3) is 11.9. The number of methoxy groups -OCH3 is 1. The first-order valence-corrected chi connectivity index (χ1v) is 22.3. The zero-order chi connectivity index (χ0) is 32.5. The molecule has 1 fully saturated rings. The van der Waals surface area contributed by atoms with Gasteiger partial charge in [-0.25, -0.2) is 0 Å². The lowest BCUT2D eigenvalue weighted by Crippen LogP contribution is -2.45. The summed E-state index contributed by atoms with van der Waals surface area (Å²) in [7, 11) is -2.56. The van der Waals surface area contributed by atoms with E-state index in [-0.39, 0.29) is 46.0 Å². The van der Waals surface area contributed by atoms with Crippen LogP contribution in [0.25, 0.3) is 0 Å². The molecule has 240 valence electrons. The number of carbonyl (C=O) groups is 1. The number of rotatable bonds is 14. The average Bonchev–Trinajstić information content (AvgIpc) is 3.13. The molecule has 1 aliphatic rings. The Balaban J connectivity index is 3.40. The van der Waals surface area contributed by atoms with Crippen molar-refractivity contribution in [3.05, 3.63) is 34.9 Å². The first kappa shape index (κ1) is 39.1. The van der Waals surface area contributed by atoms with Gasteiger partial charge in [-0.2, -0.15) is 0 Å². The zero-order valence-corrected chi connectivity index (χ0v) is 32.7. The van der Waals surface area contributed by atoms with E-state index in [4.69, 9.17) is 13.6 Å². The minimum absolute atomic E-state index is 0.00733. The van der Waals surface area contributed by atoms with Crippen LogP contribution >= 0.6 is 15.9 Å². The van der Waals surface area contributed by atoms with Crippen molar-refractivity contribution in [2.45, 2.75) is 142 Å². The molecule has 0 saturated heterocycles. The summed E-state index contributed by atoms with van der Waals surface area (Å²) >= 11 is 3.85. The predicted molar refractivity (Wildman–Crippen MR) is 189 cm³/mol.